The van der Waals surface area contributed by atoms with Crippen LogP contribution in [0.5, 0.6) is 5.75 Å². The number of benzene rings is 1. The number of likely N-dealkylation sites (N-methyl/N-ethyl adjacent to an activating group) is 1. The van der Waals surface area contributed by atoms with Gasteiger partial charge in [-0.25, -0.2) is 0 Å². The molecule has 7 nitrogen and oxygen atoms in total. The number of hydrogen-bond donors (Lipinski definition) is 1. The number of hydrogen-bond acceptors (Lipinski definition) is 4. The summed E-state index contributed by atoms with van der Waals surface area (Å²) in [5.41, 5.74) is 1.80. The molecule has 1 aromatic carbocycles. The fraction of sp³-hybridized carbons (Fsp3) is 0.500. The van der Waals surface area contributed by atoms with Gasteiger partial charge in [0.15, 0.2) is 6.61 Å². The van der Waals surface area contributed by atoms with Gasteiger partial charge in [0.2, 0.25) is 11.8 Å². The minimum atomic E-state index is -0.384. The Labute approximate surface area is 146 Å². The van der Waals surface area contributed by atoms with E-state index < -0.39 is 0 Å². The number of fused-ring (bicyclic) bond motifs is 1. The van der Waals surface area contributed by atoms with E-state index in [-0.39, 0.29) is 30.4 Å². The van der Waals surface area contributed by atoms with E-state index in [1.54, 1.807) is 31.1 Å². The highest BCUT2D eigenvalue weighted by Crippen LogP contribution is 2.27. The predicted octanol–water partition coefficient (Wildman–Crippen LogP) is 1.03. The number of likely N-dealkylation sites (tertiary alicyclic amines) is 1. The van der Waals surface area contributed by atoms with Crippen molar-refractivity contribution >= 4 is 23.4 Å². The van der Waals surface area contributed by atoms with Crippen LogP contribution in [-0.4, -0.2) is 60.8 Å². The summed E-state index contributed by atoms with van der Waals surface area (Å²) in [5, 5.41) is 2.81. The largest absolute Gasteiger partial charge is 0.484 e. The molecule has 2 aliphatic rings. The van der Waals surface area contributed by atoms with Crippen LogP contribution in [0.25, 0.3) is 0 Å². The number of ether oxygens (including phenoxy) is 1. The summed E-state index contributed by atoms with van der Waals surface area (Å²) in [7, 11) is 3.40. The van der Waals surface area contributed by atoms with Gasteiger partial charge in [-0.05, 0) is 43.0 Å². The van der Waals surface area contributed by atoms with Gasteiger partial charge < -0.3 is 19.9 Å². The Balaban J connectivity index is 1.61. The maximum atomic E-state index is 12.5. The SMILES string of the molecule is CN(C)C(=O)[C@@H]1CCCN1C(=O)COc1ccc2c(c1)CCC(=O)N2. The van der Waals surface area contributed by atoms with Crippen LogP contribution < -0.4 is 10.1 Å². The van der Waals surface area contributed by atoms with Crippen LogP contribution in [0.15, 0.2) is 18.2 Å². The van der Waals surface area contributed by atoms with Crippen molar-refractivity contribution in [3.8, 4) is 5.75 Å². The summed E-state index contributed by atoms with van der Waals surface area (Å²) < 4.78 is 5.63. The molecule has 2 heterocycles. The molecule has 1 fully saturated rings. The van der Waals surface area contributed by atoms with E-state index in [4.69, 9.17) is 4.74 Å². The van der Waals surface area contributed by atoms with Gasteiger partial charge in [-0.15, -0.1) is 0 Å². The van der Waals surface area contributed by atoms with Crippen LogP contribution in [-0.2, 0) is 20.8 Å². The number of aryl methyl sites for hydroxylation is 1. The highest BCUT2D eigenvalue weighted by Gasteiger charge is 2.34. The van der Waals surface area contributed by atoms with E-state index in [2.05, 4.69) is 5.32 Å². The van der Waals surface area contributed by atoms with Crippen LogP contribution in [0.1, 0.15) is 24.8 Å². The molecule has 1 aromatic rings. The summed E-state index contributed by atoms with van der Waals surface area (Å²) >= 11 is 0. The van der Waals surface area contributed by atoms with Crippen molar-refractivity contribution in [2.75, 3.05) is 32.6 Å². The van der Waals surface area contributed by atoms with Crippen molar-refractivity contribution in [2.45, 2.75) is 31.7 Å². The molecule has 0 aromatic heterocycles. The third-order valence-corrected chi connectivity index (χ3v) is 4.63. The number of carbonyl (C=O) groups excluding carboxylic acids is 3. The molecule has 3 amide bonds. The Bertz CT molecular complexity index is 702. The van der Waals surface area contributed by atoms with Crippen LogP contribution in [0.2, 0.25) is 0 Å². The number of nitrogens with zero attached hydrogens (tertiary/aromatic N) is 2. The monoisotopic (exact) mass is 345 g/mol. The summed E-state index contributed by atoms with van der Waals surface area (Å²) in [6.45, 7) is 0.491. The molecule has 0 saturated carbocycles. The third-order valence-electron chi connectivity index (χ3n) is 4.63. The standard InChI is InChI=1S/C18H23N3O4/c1-20(2)18(24)15-4-3-9-21(15)17(23)11-25-13-6-7-14-12(10-13)5-8-16(22)19-14/h6-7,10,15H,3-5,8-9,11H2,1-2H3,(H,19,22)/t15-/m0/s1. The van der Waals surface area contributed by atoms with Crippen molar-refractivity contribution < 1.29 is 19.1 Å². The Morgan fingerprint density at radius 3 is 2.88 bits per heavy atom. The van der Waals surface area contributed by atoms with Crippen molar-refractivity contribution in [3.05, 3.63) is 23.8 Å². The fourth-order valence-electron chi connectivity index (χ4n) is 3.30. The maximum Gasteiger partial charge on any atom is 0.261 e. The van der Waals surface area contributed by atoms with Gasteiger partial charge in [-0.3, -0.25) is 14.4 Å². The van der Waals surface area contributed by atoms with Gasteiger partial charge in [0.05, 0.1) is 0 Å². The summed E-state index contributed by atoms with van der Waals surface area (Å²) in [5.74, 6) is 0.388. The van der Waals surface area contributed by atoms with Crippen LogP contribution in [0, 0.1) is 0 Å². The average molecular weight is 345 g/mol. The lowest BCUT2D eigenvalue weighted by atomic mass is 10.0. The first-order valence-corrected chi connectivity index (χ1v) is 8.52. The quantitative estimate of drug-likeness (QED) is 0.884. The van der Waals surface area contributed by atoms with Crippen LogP contribution in [0.4, 0.5) is 5.69 Å². The average Bonchev–Trinajstić information content (AvgIpc) is 3.08. The summed E-state index contributed by atoms with van der Waals surface area (Å²) in [6, 6.07) is 5.00. The Hall–Kier alpha value is -2.57. The second-order valence-electron chi connectivity index (χ2n) is 6.63. The van der Waals surface area contributed by atoms with E-state index >= 15 is 0 Å². The summed E-state index contributed by atoms with van der Waals surface area (Å²) in [4.78, 5) is 39.2. The van der Waals surface area contributed by atoms with E-state index in [0.717, 1.165) is 17.7 Å². The van der Waals surface area contributed by atoms with Crippen molar-refractivity contribution in [1.29, 1.82) is 0 Å². The Morgan fingerprint density at radius 2 is 2.12 bits per heavy atom. The van der Waals surface area contributed by atoms with Gasteiger partial charge in [-0.1, -0.05) is 0 Å². The third kappa shape index (κ3) is 3.75. The van der Waals surface area contributed by atoms with Crippen LogP contribution >= 0.6 is 0 Å². The lowest BCUT2D eigenvalue weighted by molar-refractivity contribution is -0.143. The van der Waals surface area contributed by atoms with E-state index in [1.165, 1.54) is 4.90 Å². The van der Waals surface area contributed by atoms with E-state index in [9.17, 15) is 14.4 Å². The second kappa shape index (κ2) is 7.13. The minimum Gasteiger partial charge on any atom is -0.484 e. The zero-order valence-electron chi connectivity index (χ0n) is 14.6. The number of amides is 3. The van der Waals surface area contributed by atoms with Crippen LogP contribution in [0.3, 0.4) is 0 Å². The van der Waals surface area contributed by atoms with Crippen molar-refractivity contribution in [1.82, 2.24) is 9.80 Å². The lowest BCUT2D eigenvalue weighted by Crippen LogP contribution is -2.46. The molecular formula is C18H23N3O4. The van der Waals surface area contributed by atoms with Gasteiger partial charge >= 0.3 is 0 Å². The first-order chi connectivity index (χ1) is 12.0. The molecule has 0 unspecified atom stereocenters. The molecule has 134 valence electrons. The second-order valence-corrected chi connectivity index (χ2v) is 6.63. The molecule has 25 heavy (non-hydrogen) atoms. The lowest BCUT2D eigenvalue weighted by Gasteiger charge is -2.26. The Morgan fingerprint density at radius 1 is 1.32 bits per heavy atom. The molecule has 1 saturated heterocycles. The van der Waals surface area contributed by atoms with Gasteiger partial charge in [0.1, 0.15) is 11.8 Å². The first-order valence-electron chi connectivity index (χ1n) is 8.52. The topological polar surface area (TPSA) is 79.0 Å². The van der Waals surface area contributed by atoms with Crippen molar-refractivity contribution in [3.63, 3.8) is 0 Å². The highest BCUT2D eigenvalue weighted by atomic mass is 16.5. The molecule has 1 N–H and O–H groups in total. The van der Waals surface area contributed by atoms with Gasteiger partial charge in [0, 0.05) is 32.7 Å². The molecule has 1 atom stereocenters. The number of nitrogens with one attached hydrogen (secondary N) is 1. The molecule has 0 bridgehead atoms. The minimum absolute atomic E-state index is 0.0157. The molecule has 0 spiro atoms. The number of rotatable bonds is 4. The maximum absolute atomic E-state index is 12.5. The summed E-state index contributed by atoms with van der Waals surface area (Å²) in [6.07, 6.45) is 2.64. The molecule has 2 aliphatic heterocycles. The van der Waals surface area contributed by atoms with E-state index in [1.807, 2.05) is 6.07 Å². The fourth-order valence-corrected chi connectivity index (χ4v) is 3.30. The zero-order valence-corrected chi connectivity index (χ0v) is 14.6. The van der Waals surface area contributed by atoms with Gasteiger partial charge in [0.25, 0.3) is 5.91 Å². The molecule has 0 aliphatic carbocycles. The van der Waals surface area contributed by atoms with Gasteiger partial charge in [-0.2, -0.15) is 0 Å². The van der Waals surface area contributed by atoms with Crippen molar-refractivity contribution in [2.24, 2.45) is 0 Å². The normalized spacial score (nSPS) is 19.2. The smallest absolute Gasteiger partial charge is 0.261 e. The highest BCUT2D eigenvalue weighted by molar-refractivity contribution is 5.94. The number of anilines is 1. The zero-order chi connectivity index (χ0) is 18.0. The van der Waals surface area contributed by atoms with E-state index in [0.29, 0.717) is 31.6 Å². The number of carbonyl (C=O) groups is 3. The predicted molar refractivity (Wildman–Crippen MR) is 92.3 cm³/mol. The first kappa shape index (κ1) is 17.3. The molecule has 7 heteroatoms. The molecular weight excluding hydrogens is 322 g/mol. The molecule has 3 rings (SSSR count). The Kier molecular flexibility index (Phi) is 4.92. The molecule has 0 radical (unpaired) electrons.